The highest BCUT2D eigenvalue weighted by Crippen LogP contribution is 2.22. The smallest absolute Gasteiger partial charge is 0.261 e. The second-order valence-electron chi connectivity index (χ2n) is 6.97. The van der Waals surface area contributed by atoms with Crippen molar-refractivity contribution in [2.75, 3.05) is 26.2 Å². The Morgan fingerprint density at radius 3 is 2.27 bits per heavy atom. The number of imide groups is 1. The maximum absolute atomic E-state index is 12.4. The first kappa shape index (κ1) is 16.9. The number of rotatable bonds is 6. The molecule has 0 bridgehead atoms. The van der Waals surface area contributed by atoms with Gasteiger partial charge in [-0.3, -0.25) is 19.4 Å². The summed E-state index contributed by atoms with van der Waals surface area (Å²) in [5.74, 6) is -0.353. The Morgan fingerprint density at radius 1 is 0.923 bits per heavy atom. The molecule has 5 nitrogen and oxygen atoms in total. The lowest BCUT2D eigenvalue weighted by atomic mass is 10.1. The van der Waals surface area contributed by atoms with Crippen LogP contribution < -0.4 is 5.32 Å². The lowest BCUT2D eigenvalue weighted by molar-refractivity contribution is 0.0654. The molecule has 2 aromatic rings. The van der Waals surface area contributed by atoms with E-state index < -0.39 is 0 Å². The van der Waals surface area contributed by atoms with Gasteiger partial charge in [-0.25, -0.2) is 0 Å². The van der Waals surface area contributed by atoms with E-state index in [-0.39, 0.29) is 11.8 Å². The standard InChI is InChI=1S/C21H23N3O2/c25-20-18-8-4-5-9-19(18)21(26)24(20)13-11-22-17-10-12-23(15-17)14-16-6-2-1-3-7-16/h1-9,17,22H,10-15H2. The average molecular weight is 349 g/mol. The van der Waals surface area contributed by atoms with Gasteiger partial charge in [-0.15, -0.1) is 0 Å². The molecule has 2 amide bonds. The molecule has 26 heavy (non-hydrogen) atoms. The van der Waals surface area contributed by atoms with E-state index in [1.54, 1.807) is 24.3 Å². The van der Waals surface area contributed by atoms with Gasteiger partial charge in [0.2, 0.25) is 0 Å². The van der Waals surface area contributed by atoms with Gasteiger partial charge in [-0.05, 0) is 24.1 Å². The third kappa shape index (κ3) is 3.41. The van der Waals surface area contributed by atoms with E-state index in [9.17, 15) is 9.59 Å². The van der Waals surface area contributed by atoms with Crippen LogP contribution in [-0.4, -0.2) is 53.8 Å². The molecule has 1 fully saturated rings. The van der Waals surface area contributed by atoms with Crippen LogP contribution in [0.15, 0.2) is 54.6 Å². The van der Waals surface area contributed by atoms with Crippen LogP contribution in [-0.2, 0) is 6.54 Å². The largest absolute Gasteiger partial charge is 0.311 e. The Balaban J connectivity index is 1.25. The maximum atomic E-state index is 12.4. The van der Waals surface area contributed by atoms with Gasteiger partial charge in [0.15, 0.2) is 0 Å². The predicted molar refractivity (Wildman–Crippen MR) is 99.9 cm³/mol. The van der Waals surface area contributed by atoms with E-state index in [4.69, 9.17) is 0 Å². The van der Waals surface area contributed by atoms with Gasteiger partial charge in [0.1, 0.15) is 0 Å². The zero-order chi connectivity index (χ0) is 17.9. The summed E-state index contributed by atoms with van der Waals surface area (Å²) in [4.78, 5) is 28.5. The number of carbonyl (C=O) groups excluding carboxylic acids is 2. The number of likely N-dealkylation sites (tertiary alicyclic amines) is 1. The lowest BCUT2D eigenvalue weighted by Gasteiger charge is -2.18. The molecule has 1 unspecified atom stereocenters. The molecule has 134 valence electrons. The van der Waals surface area contributed by atoms with Gasteiger partial charge in [-0.2, -0.15) is 0 Å². The normalized spacial score (nSPS) is 20.0. The summed E-state index contributed by atoms with van der Waals surface area (Å²) in [7, 11) is 0. The van der Waals surface area contributed by atoms with E-state index in [0.29, 0.717) is 30.3 Å². The van der Waals surface area contributed by atoms with E-state index in [1.807, 2.05) is 6.07 Å². The predicted octanol–water partition coefficient (Wildman–Crippen LogP) is 2.15. The van der Waals surface area contributed by atoms with Crippen molar-refractivity contribution in [1.82, 2.24) is 15.1 Å². The second-order valence-corrected chi connectivity index (χ2v) is 6.97. The molecule has 0 saturated carbocycles. The van der Waals surface area contributed by atoms with Gasteiger partial charge in [0, 0.05) is 38.8 Å². The van der Waals surface area contributed by atoms with Crippen molar-refractivity contribution < 1.29 is 9.59 Å². The van der Waals surface area contributed by atoms with Crippen LogP contribution in [0.4, 0.5) is 0 Å². The Bertz CT molecular complexity index is 771. The number of amides is 2. The Hall–Kier alpha value is -2.50. The van der Waals surface area contributed by atoms with E-state index >= 15 is 0 Å². The van der Waals surface area contributed by atoms with E-state index in [0.717, 1.165) is 26.1 Å². The van der Waals surface area contributed by atoms with E-state index in [2.05, 4.69) is 34.5 Å². The number of nitrogens with zero attached hydrogens (tertiary/aromatic N) is 2. The first-order valence-corrected chi connectivity index (χ1v) is 9.17. The van der Waals surface area contributed by atoms with Gasteiger partial charge in [-0.1, -0.05) is 42.5 Å². The van der Waals surface area contributed by atoms with Crippen molar-refractivity contribution in [3.63, 3.8) is 0 Å². The summed E-state index contributed by atoms with van der Waals surface area (Å²) in [6.07, 6.45) is 1.09. The van der Waals surface area contributed by atoms with Crippen molar-refractivity contribution in [3.05, 3.63) is 71.3 Å². The molecule has 0 spiro atoms. The topological polar surface area (TPSA) is 52.7 Å². The quantitative estimate of drug-likeness (QED) is 0.812. The molecule has 1 atom stereocenters. The van der Waals surface area contributed by atoms with Crippen LogP contribution >= 0.6 is 0 Å². The third-order valence-corrected chi connectivity index (χ3v) is 5.17. The fourth-order valence-corrected chi connectivity index (χ4v) is 3.81. The summed E-state index contributed by atoms with van der Waals surface area (Å²) in [5, 5.41) is 3.50. The van der Waals surface area contributed by atoms with Gasteiger partial charge >= 0.3 is 0 Å². The second kappa shape index (κ2) is 7.40. The van der Waals surface area contributed by atoms with Crippen LogP contribution in [0.5, 0.6) is 0 Å². The Labute approximate surface area is 153 Å². The zero-order valence-electron chi connectivity index (χ0n) is 14.7. The minimum Gasteiger partial charge on any atom is -0.311 e. The summed E-state index contributed by atoms with van der Waals surface area (Å²) in [5.41, 5.74) is 2.37. The number of hydrogen-bond acceptors (Lipinski definition) is 4. The van der Waals surface area contributed by atoms with E-state index in [1.165, 1.54) is 10.5 Å². The molecule has 2 aliphatic rings. The highest BCUT2D eigenvalue weighted by Gasteiger charge is 2.34. The van der Waals surface area contributed by atoms with Crippen molar-refractivity contribution >= 4 is 11.8 Å². The minimum atomic E-state index is -0.176. The highest BCUT2D eigenvalue weighted by molar-refractivity contribution is 6.21. The fraction of sp³-hybridized carbons (Fsp3) is 0.333. The summed E-state index contributed by atoms with van der Waals surface area (Å²) < 4.78 is 0. The third-order valence-electron chi connectivity index (χ3n) is 5.17. The molecular formula is C21H23N3O2. The van der Waals surface area contributed by atoms with Gasteiger partial charge in [0.25, 0.3) is 11.8 Å². The van der Waals surface area contributed by atoms with Gasteiger partial charge < -0.3 is 5.32 Å². The molecule has 5 heteroatoms. The monoisotopic (exact) mass is 349 g/mol. The fourth-order valence-electron chi connectivity index (χ4n) is 3.81. The van der Waals surface area contributed by atoms with Crippen molar-refractivity contribution in [1.29, 1.82) is 0 Å². The molecule has 1 saturated heterocycles. The van der Waals surface area contributed by atoms with Crippen molar-refractivity contribution in [2.24, 2.45) is 0 Å². The van der Waals surface area contributed by atoms with Gasteiger partial charge in [0.05, 0.1) is 11.1 Å². The SMILES string of the molecule is O=C1c2ccccc2C(=O)N1CCNC1CCN(Cc2ccccc2)C1. The molecule has 0 aliphatic carbocycles. The van der Waals surface area contributed by atoms with Crippen LogP contribution in [0.3, 0.4) is 0 Å². The molecule has 2 heterocycles. The number of fused-ring (bicyclic) bond motifs is 1. The number of hydrogen-bond donors (Lipinski definition) is 1. The first-order chi connectivity index (χ1) is 12.7. The molecular weight excluding hydrogens is 326 g/mol. The molecule has 1 N–H and O–H groups in total. The van der Waals surface area contributed by atoms with Crippen LogP contribution in [0.1, 0.15) is 32.7 Å². The van der Waals surface area contributed by atoms with Crippen molar-refractivity contribution in [3.8, 4) is 0 Å². The van der Waals surface area contributed by atoms with Crippen LogP contribution in [0.2, 0.25) is 0 Å². The average Bonchev–Trinajstić information content (AvgIpc) is 3.21. The number of benzene rings is 2. The molecule has 2 aliphatic heterocycles. The lowest BCUT2D eigenvalue weighted by Crippen LogP contribution is -2.40. The Morgan fingerprint density at radius 2 is 1.58 bits per heavy atom. The molecule has 0 radical (unpaired) electrons. The molecule has 0 aromatic heterocycles. The highest BCUT2D eigenvalue weighted by atomic mass is 16.2. The molecule has 4 rings (SSSR count). The van der Waals surface area contributed by atoms with Crippen molar-refractivity contribution in [2.45, 2.75) is 19.0 Å². The maximum Gasteiger partial charge on any atom is 0.261 e. The molecule has 2 aromatic carbocycles. The van der Waals surface area contributed by atoms with Crippen LogP contribution in [0, 0.1) is 0 Å². The summed E-state index contributed by atoms with van der Waals surface area (Å²) in [6.45, 7) is 4.09. The summed E-state index contributed by atoms with van der Waals surface area (Å²) >= 11 is 0. The Kier molecular flexibility index (Phi) is 4.82. The number of nitrogens with one attached hydrogen (secondary N) is 1. The number of carbonyl (C=O) groups is 2. The summed E-state index contributed by atoms with van der Waals surface area (Å²) in [6, 6.07) is 17.9. The minimum absolute atomic E-state index is 0.176. The first-order valence-electron chi connectivity index (χ1n) is 9.17. The zero-order valence-corrected chi connectivity index (χ0v) is 14.7. The van der Waals surface area contributed by atoms with Crippen LogP contribution in [0.25, 0.3) is 0 Å².